The van der Waals surface area contributed by atoms with Gasteiger partial charge in [0.1, 0.15) is 9.88 Å². The van der Waals surface area contributed by atoms with Crippen molar-refractivity contribution in [1.29, 1.82) is 0 Å². The third-order valence-corrected chi connectivity index (χ3v) is 5.47. The standard InChI is InChI=1S/C23H29NO7S/c1-6-29-22(26)19-15(4)20(23(27)31-14(2)3)32-21(19)24-18(25)12-9-13-30-17-11-8-7-10-16(17)28-5/h7-8,10-11,14H,6,9,12-13H2,1-5H3,(H,24,25). The normalized spacial score (nSPS) is 10.6. The highest BCUT2D eigenvalue weighted by Crippen LogP contribution is 2.34. The quantitative estimate of drug-likeness (QED) is 0.384. The van der Waals surface area contributed by atoms with E-state index in [1.807, 2.05) is 12.1 Å². The number of hydrogen-bond donors (Lipinski definition) is 1. The topological polar surface area (TPSA) is 100 Å². The number of anilines is 1. The third kappa shape index (κ3) is 6.71. The Kier molecular flexibility index (Phi) is 9.52. The second-order valence-electron chi connectivity index (χ2n) is 7.09. The Hall–Kier alpha value is -3.07. The van der Waals surface area contributed by atoms with E-state index < -0.39 is 11.9 Å². The zero-order valence-electron chi connectivity index (χ0n) is 19.0. The van der Waals surface area contributed by atoms with Gasteiger partial charge in [0.05, 0.1) is 32.0 Å². The van der Waals surface area contributed by atoms with Gasteiger partial charge < -0.3 is 24.3 Å². The van der Waals surface area contributed by atoms with E-state index in [2.05, 4.69) is 5.32 Å². The van der Waals surface area contributed by atoms with Crippen molar-refractivity contribution in [3.05, 3.63) is 40.3 Å². The maximum Gasteiger partial charge on any atom is 0.348 e. The number of thiophene rings is 1. The molecule has 1 aromatic carbocycles. The number of nitrogens with one attached hydrogen (secondary N) is 1. The third-order valence-electron chi connectivity index (χ3n) is 4.28. The molecular weight excluding hydrogens is 434 g/mol. The van der Waals surface area contributed by atoms with Crippen molar-refractivity contribution in [3.8, 4) is 11.5 Å². The summed E-state index contributed by atoms with van der Waals surface area (Å²) in [4.78, 5) is 37.6. The summed E-state index contributed by atoms with van der Waals surface area (Å²) in [6, 6.07) is 7.26. The minimum atomic E-state index is -0.598. The van der Waals surface area contributed by atoms with Gasteiger partial charge in [0, 0.05) is 6.42 Å². The maximum absolute atomic E-state index is 12.5. The Balaban J connectivity index is 2.05. The van der Waals surface area contributed by atoms with Crippen molar-refractivity contribution in [2.45, 2.75) is 46.6 Å². The molecule has 0 saturated carbocycles. The SMILES string of the molecule is CCOC(=O)c1c(NC(=O)CCCOc2ccccc2OC)sc(C(=O)OC(C)C)c1C. The Morgan fingerprint density at radius 2 is 1.78 bits per heavy atom. The number of methoxy groups -OCH3 is 1. The fraction of sp³-hybridized carbons (Fsp3) is 0.435. The minimum absolute atomic E-state index is 0.167. The Morgan fingerprint density at radius 3 is 2.41 bits per heavy atom. The largest absolute Gasteiger partial charge is 0.493 e. The molecule has 8 nitrogen and oxygen atoms in total. The van der Waals surface area contributed by atoms with E-state index >= 15 is 0 Å². The summed E-state index contributed by atoms with van der Waals surface area (Å²) < 4.78 is 21.3. The molecule has 0 radical (unpaired) electrons. The van der Waals surface area contributed by atoms with Crippen LogP contribution >= 0.6 is 11.3 Å². The minimum Gasteiger partial charge on any atom is -0.493 e. The first-order valence-corrected chi connectivity index (χ1v) is 11.2. The molecule has 1 N–H and O–H groups in total. The van der Waals surface area contributed by atoms with Crippen molar-refractivity contribution in [1.82, 2.24) is 0 Å². The lowest BCUT2D eigenvalue weighted by Gasteiger charge is -2.10. The number of hydrogen-bond acceptors (Lipinski definition) is 8. The Bertz CT molecular complexity index is 952. The van der Waals surface area contributed by atoms with E-state index in [1.54, 1.807) is 46.9 Å². The number of carbonyl (C=O) groups is 3. The highest BCUT2D eigenvalue weighted by atomic mass is 32.1. The number of carbonyl (C=O) groups excluding carboxylic acids is 3. The molecule has 0 aliphatic carbocycles. The maximum atomic E-state index is 12.5. The smallest absolute Gasteiger partial charge is 0.348 e. The molecule has 0 bridgehead atoms. The highest BCUT2D eigenvalue weighted by Gasteiger charge is 2.27. The number of rotatable bonds is 11. The van der Waals surface area contributed by atoms with Crippen LogP contribution in [0.15, 0.2) is 24.3 Å². The molecule has 1 amide bonds. The van der Waals surface area contributed by atoms with Crippen molar-refractivity contribution in [3.63, 3.8) is 0 Å². The average Bonchev–Trinajstić information content (AvgIpc) is 3.07. The first kappa shape index (κ1) is 25.2. The molecule has 174 valence electrons. The second kappa shape index (κ2) is 12.1. The molecule has 0 aliphatic heterocycles. The van der Waals surface area contributed by atoms with E-state index in [-0.39, 0.29) is 40.5 Å². The number of benzene rings is 1. The van der Waals surface area contributed by atoms with E-state index in [0.29, 0.717) is 30.1 Å². The van der Waals surface area contributed by atoms with Gasteiger partial charge in [0.25, 0.3) is 0 Å². The van der Waals surface area contributed by atoms with Gasteiger partial charge >= 0.3 is 11.9 Å². The summed E-state index contributed by atoms with van der Waals surface area (Å²) in [5.74, 6) is -0.226. The zero-order valence-corrected chi connectivity index (χ0v) is 19.8. The molecule has 0 spiro atoms. The van der Waals surface area contributed by atoms with Crippen LogP contribution < -0.4 is 14.8 Å². The summed E-state index contributed by atoms with van der Waals surface area (Å²) in [5, 5.41) is 3.00. The van der Waals surface area contributed by atoms with E-state index in [9.17, 15) is 14.4 Å². The molecular formula is C23H29NO7S. The number of ether oxygens (including phenoxy) is 4. The number of para-hydroxylation sites is 2. The lowest BCUT2D eigenvalue weighted by Crippen LogP contribution is -2.15. The molecule has 0 fully saturated rings. The predicted octanol–water partition coefficient (Wildman–Crippen LogP) is 4.60. The monoisotopic (exact) mass is 463 g/mol. The lowest BCUT2D eigenvalue weighted by atomic mass is 10.1. The van der Waals surface area contributed by atoms with Gasteiger partial charge in [-0.2, -0.15) is 0 Å². The fourth-order valence-electron chi connectivity index (χ4n) is 2.85. The predicted molar refractivity (Wildman–Crippen MR) is 122 cm³/mol. The molecule has 0 unspecified atom stereocenters. The van der Waals surface area contributed by atoms with Gasteiger partial charge in [-0.15, -0.1) is 11.3 Å². The van der Waals surface area contributed by atoms with Crippen molar-refractivity contribution >= 4 is 34.2 Å². The second-order valence-corrected chi connectivity index (χ2v) is 8.11. The van der Waals surface area contributed by atoms with Gasteiger partial charge in [0.15, 0.2) is 11.5 Å². The zero-order chi connectivity index (χ0) is 23.7. The van der Waals surface area contributed by atoms with Crippen molar-refractivity contribution in [2.24, 2.45) is 0 Å². The summed E-state index contributed by atoms with van der Waals surface area (Å²) in [7, 11) is 1.56. The highest BCUT2D eigenvalue weighted by molar-refractivity contribution is 7.18. The van der Waals surface area contributed by atoms with E-state index in [1.165, 1.54) is 0 Å². The van der Waals surface area contributed by atoms with Crippen molar-refractivity contribution < 1.29 is 33.3 Å². The lowest BCUT2D eigenvalue weighted by molar-refractivity contribution is -0.116. The van der Waals surface area contributed by atoms with Gasteiger partial charge in [-0.25, -0.2) is 9.59 Å². The van der Waals surface area contributed by atoms with Gasteiger partial charge in [-0.1, -0.05) is 12.1 Å². The Labute approximate surface area is 191 Å². The van der Waals surface area contributed by atoms with Gasteiger partial charge in [0.2, 0.25) is 5.91 Å². The van der Waals surface area contributed by atoms with Gasteiger partial charge in [-0.05, 0) is 51.8 Å². The summed E-state index contributed by atoms with van der Waals surface area (Å²) >= 11 is 1.00. The molecule has 0 aliphatic rings. The fourth-order valence-corrected chi connectivity index (χ4v) is 3.95. The van der Waals surface area contributed by atoms with Crippen LogP contribution in [-0.2, 0) is 14.3 Å². The van der Waals surface area contributed by atoms with Crippen molar-refractivity contribution in [2.75, 3.05) is 25.6 Å². The van der Waals surface area contributed by atoms with Crippen LogP contribution in [0.5, 0.6) is 11.5 Å². The number of esters is 2. The summed E-state index contributed by atoms with van der Waals surface area (Å²) in [6.07, 6.45) is 0.307. The molecule has 2 aromatic rings. The summed E-state index contributed by atoms with van der Waals surface area (Å²) in [6.45, 7) is 7.29. The molecule has 1 aromatic heterocycles. The molecule has 0 atom stereocenters. The van der Waals surface area contributed by atoms with Crippen LogP contribution in [0.2, 0.25) is 0 Å². The van der Waals surface area contributed by atoms with Crippen LogP contribution in [0, 0.1) is 6.92 Å². The van der Waals surface area contributed by atoms with E-state index in [4.69, 9.17) is 18.9 Å². The van der Waals surface area contributed by atoms with Gasteiger partial charge in [-0.3, -0.25) is 4.79 Å². The van der Waals surface area contributed by atoms with Crippen LogP contribution in [0.25, 0.3) is 0 Å². The molecule has 32 heavy (non-hydrogen) atoms. The number of amides is 1. The van der Waals surface area contributed by atoms with Crippen LogP contribution in [0.1, 0.15) is 59.2 Å². The van der Waals surface area contributed by atoms with Crippen LogP contribution in [0.4, 0.5) is 5.00 Å². The molecule has 0 saturated heterocycles. The summed E-state index contributed by atoms with van der Waals surface area (Å²) in [5.41, 5.74) is 0.597. The first-order chi connectivity index (χ1) is 15.3. The van der Waals surface area contributed by atoms with Crippen LogP contribution in [-0.4, -0.2) is 44.3 Å². The van der Waals surface area contributed by atoms with E-state index in [0.717, 1.165) is 11.3 Å². The molecule has 9 heteroatoms. The molecule has 1 heterocycles. The average molecular weight is 464 g/mol. The first-order valence-electron chi connectivity index (χ1n) is 10.4. The molecule has 2 rings (SSSR count). The van der Waals surface area contributed by atoms with Crippen LogP contribution in [0.3, 0.4) is 0 Å². The Morgan fingerprint density at radius 1 is 1.09 bits per heavy atom.